The van der Waals surface area contributed by atoms with Crippen LogP contribution in [0.3, 0.4) is 0 Å². The zero-order valence-corrected chi connectivity index (χ0v) is 18.4. The first-order valence-electron chi connectivity index (χ1n) is 10.8. The number of amides is 1. The van der Waals surface area contributed by atoms with Crippen molar-refractivity contribution >= 4 is 17.4 Å². The molecule has 0 aliphatic rings. The zero-order valence-electron chi connectivity index (χ0n) is 18.4. The van der Waals surface area contributed by atoms with Gasteiger partial charge in [0.1, 0.15) is 5.82 Å². The van der Waals surface area contributed by atoms with Crippen LogP contribution < -0.4 is 21.9 Å². The van der Waals surface area contributed by atoms with Crippen LogP contribution in [0.25, 0.3) is 11.4 Å². The molecule has 3 aromatic rings. The molecular formula is C23H28N6O3. The highest BCUT2D eigenvalue weighted by atomic mass is 16.2. The van der Waals surface area contributed by atoms with E-state index >= 15 is 0 Å². The highest BCUT2D eigenvalue weighted by Gasteiger charge is 2.25. The predicted octanol–water partition coefficient (Wildman–Crippen LogP) is 2.82. The minimum atomic E-state index is -0.688. The fraction of sp³-hybridized carbons (Fsp3) is 0.348. The molecule has 0 saturated carbocycles. The topological polar surface area (TPSA) is 127 Å². The molecule has 2 aromatic heterocycles. The van der Waals surface area contributed by atoms with Gasteiger partial charge in [0.15, 0.2) is 11.5 Å². The highest BCUT2D eigenvalue weighted by Crippen LogP contribution is 2.21. The smallest absolute Gasteiger partial charge is 0.330 e. The van der Waals surface area contributed by atoms with Gasteiger partial charge in [-0.2, -0.15) is 0 Å². The average Bonchev–Trinajstić information content (AvgIpc) is 2.81. The van der Waals surface area contributed by atoms with Gasteiger partial charge in [-0.05, 0) is 12.8 Å². The number of rotatable bonds is 9. The van der Waals surface area contributed by atoms with Crippen molar-refractivity contribution in [2.24, 2.45) is 0 Å². The minimum absolute atomic E-state index is 0.0153. The molecule has 0 aliphatic carbocycles. The summed E-state index contributed by atoms with van der Waals surface area (Å²) in [6.07, 6.45) is 5.90. The molecule has 2 heterocycles. The summed E-state index contributed by atoms with van der Waals surface area (Å²) in [5.41, 5.74) is 6.00. The maximum atomic E-state index is 13.4. The Morgan fingerprint density at radius 3 is 2.34 bits per heavy atom. The van der Waals surface area contributed by atoms with Crippen LogP contribution in [-0.2, 0) is 6.54 Å². The van der Waals surface area contributed by atoms with Gasteiger partial charge in [0.05, 0.1) is 5.56 Å². The Hall–Kier alpha value is -3.75. The molecule has 32 heavy (non-hydrogen) atoms. The number of aromatic nitrogens is 4. The van der Waals surface area contributed by atoms with Crippen LogP contribution in [0.1, 0.15) is 49.9 Å². The van der Waals surface area contributed by atoms with Gasteiger partial charge in [0.25, 0.3) is 11.5 Å². The molecule has 3 rings (SSSR count). The van der Waals surface area contributed by atoms with E-state index in [0.717, 1.165) is 18.4 Å². The number of carbonyl (C=O) groups is 1. The lowest BCUT2D eigenvalue weighted by Crippen LogP contribution is -2.41. The number of nitrogens with zero attached hydrogens (tertiary/aromatic N) is 4. The van der Waals surface area contributed by atoms with Gasteiger partial charge in [-0.25, -0.2) is 14.8 Å². The number of hydrogen-bond acceptors (Lipinski definition) is 6. The van der Waals surface area contributed by atoms with E-state index in [0.29, 0.717) is 25.2 Å². The Morgan fingerprint density at radius 2 is 1.72 bits per heavy atom. The molecule has 0 radical (unpaired) electrons. The summed E-state index contributed by atoms with van der Waals surface area (Å²) in [4.78, 5) is 50.6. The summed E-state index contributed by atoms with van der Waals surface area (Å²) in [5, 5.41) is 0. The monoisotopic (exact) mass is 436 g/mol. The van der Waals surface area contributed by atoms with E-state index in [9.17, 15) is 14.4 Å². The average molecular weight is 437 g/mol. The number of nitrogens with two attached hydrogens (primary N) is 1. The number of nitrogen functional groups attached to an aromatic ring is 1. The van der Waals surface area contributed by atoms with Crippen molar-refractivity contribution in [2.75, 3.05) is 17.2 Å². The Morgan fingerprint density at radius 1 is 1.06 bits per heavy atom. The maximum absolute atomic E-state index is 13.4. The van der Waals surface area contributed by atoms with E-state index in [-0.39, 0.29) is 23.6 Å². The number of H-pyrrole nitrogens is 1. The molecule has 9 nitrogen and oxygen atoms in total. The number of benzene rings is 1. The summed E-state index contributed by atoms with van der Waals surface area (Å²) in [5.74, 6) is 0.0298. The van der Waals surface area contributed by atoms with Crippen molar-refractivity contribution in [2.45, 2.75) is 46.1 Å². The van der Waals surface area contributed by atoms with Crippen molar-refractivity contribution in [3.63, 3.8) is 0 Å². The lowest BCUT2D eigenvalue weighted by Gasteiger charge is -2.24. The molecule has 0 aliphatic heterocycles. The molecule has 0 spiro atoms. The number of hydrogen-bond donors (Lipinski definition) is 2. The number of carbonyl (C=O) groups excluding carboxylic acids is 1. The third-order valence-electron chi connectivity index (χ3n) is 5.13. The maximum Gasteiger partial charge on any atom is 0.330 e. The molecular weight excluding hydrogens is 408 g/mol. The van der Waals surface area contributed by atoms with Crippen molar-refractivity contribution in [3.8, 4) is 11.4 Å². The predicted molar refractivity (Wildman–Crippen MR) is 125 cm³/mol. The highest BCUT2D eigenvalue weighted by molar-refractivity contribution is 6.06. The third kappa shape index (κ3) is 4.93. The molecule has 0 saturated heterocycles. The van der Waals surface area contributed by atoms with Gasteiger partial charge >= 0.3 is 5.69 Å². The molecule has 1 aromatic carbocycles. The van der Waals surface area contributed by atoms with E-state index in [2.05, 4.69) is 15.0 Å². The number of nitrogens with one attached hydrogen (secondary N) is 1. The summed E-state index contributed by atoms with van der Waals surface area (Å²) < 4.78 is 1.31. The number of anilines is 2. The van der Waals surface area contributed by atoms with Crippen molar-refractivity contribution in [1.82, 2.24) is 19.5 Å². The molecule has 0 fully saturated rings. The summed E-state index contributed by atoms with van der Waals surface area (Å²) >= 11 is 0. The lowest BCUT2D eigenvalue weighted by atomic mass is 10.2. The van der Waals surface area contributed by atoms with E-state index in [1.165, 1.54) is 21.9 Å². The fourth-order valence-corrected chi connectivity index (χ4v) is 3.34. The van der Waals surface area contributed by atoms with Gasteiger partial charge in [-0.1, -0.05) is 57.0 Å². The number of unbranched alkanes of at least 4 members (excludes halogenated alkanes) is 2. The van der Waals surface area contributed by atoms with Gasteiger partial charge in [0, 0.05) is 31.0 Å². The van der Waals surface area contributed by atoms with Crippen molar-refractivity contribution in [1.29, 1.82) is 0 Å². The second-order valence-electron chi connectivity index (χ2n) is 7.47. The Balaban J connectivity index is 2.01. The molecule has 9 heteroatoms. The van der Waals surface area contributed by atoms with Gasteiger partial charge in [-0.15, -0.1) is 0 Å². The standard InChI is InChI=1S/C23H28N6O3/c1-3-5-12-28(18-19(24)29(13-6-4-2)23(32)27-21(18)30)22(31)17-14-25-20(26-15-17)16-10-8-7-9-11-16/h7-11,14-15H,3-6,12-13,24H2,1-2H3,(H,27,30,32). The second kappa shape index (κ2) is 10.5. The normalized spacial score (nSPS) is 10.8. The van der Waals surface area contributed by atoms with Crippen molar-refractivity contribution < 1.29 is 4.79 Å². The van der Waals surface area contributed by atoms with Crippen LogP contribution in [0.5, 0.6) is 0 Å². The Bertz CT molecular complexity index is 1170. The van der Waals surface area contributed by atoms with Gasteiger partial charge < -0.3 is 10.6 Å². The Kier molecular flexibility index (Phi) is 7.54. The van der Waals surface area contributed by atoms with Crippen LogP contribution in [0.4, 0.5) is 11.5 Å². The van der Waals surface area contributed by atoms with Crippen LogP contribution in [-0.4, -0.2) is 32.0 Å². The summed E-state index contributed by atoms with van der Waals surface area (Å²) in [6.45, 7) is 4.60. The van der Waals surface area contributed by atoms with Crippen LogP contribution in [0.15, 0.2) is 52.3 Å². The quantitative estimate of drug-likeness (QED) is 0.531. The first kappa shape index (κ1) is 22.9. The molecule has 0 atom stereocenters. The third-order valence-corrected chi connectivity index (χ3v) is 5.13. The van der Waals surface area contributed by atoms with E-state index < -0.39 is 17.2 Å². The summed E-state index contributed by atoms with van der Waals surface area (Å²) in [6, 6.07) is 9.42. The van der Waals surface area contributed by atoms with E-state index in [1.54, 1.807) is 0 Å². The largest absolute Gasteiger partial charge is 0.383 e. The van der Waals surface area contributed by atoms with Crippen LogP contribution in [0, 0.1) is 0 Å². The van der Waals surface area contributed by atoms with Gasteiger partial charge in [-0.3, -0.25) is 19.1 Å². The molecule has 0 bridgehead atoms. The molecule has 0 unspecified atom stereocenters. The fourth-order valence-electron chi connectivity index (χ4n) is 3.34. The summed E-state index contributed by atoms with van der Waals surface area (Å²) in [7, 11) is 0. The SMILES string of the molecule is CCCCN(C(=O)c1cnc(-c2ccccc2)nc1)c1c(N)n(CCCC)c(=O)[nH]c1=O. The van der Waals surface area contributed by atoms with Crippen molar-refractivity contribution in [3.05, 3.63) is 69.1 Å². The van der Waals surface area contributed by atoms with Crippen LogP contribution in [0.2, 0.25) is 0 Å². The second-order valence-corrected chi connectivity index (χ2v) is 7.47. The Labute approximate surface area is 186 Å². The zero-order chi connectivity index (χ0) is 23.1. The number of aromatic amines is 1. The lowest BCUT2D eigenvalue weighted by molar-refractivity contribution is 0.0985. The van der Waals surface area contributed by atoms with Crippen LogP contribution >= 0.6 is 0 Å². The van der Waals surface area contributed by atoms with E-state index in [1.807, 2.05) is 44.2 Å². The van der Waals surface area contributed by atoms with Gasteiger partial charge in [0.2, 0.25) is 0 Å². The van der Waals surface area contributed by atoms with E-state index in [4.69, 9.17) is 5.73 Å². The molecule has 1 amide bonds. The first-order valence-corrected chi connectivity index (χ1v) is 10.8. The minimum Gasteiger partial charge on any atom is -0.383 e. The molecule has 3 N–H and O–H groups in total. The molecule has 168 valence electrons. The first-order chi connectivity index (χ1) is 15.5.